The fourth-order valence-electron chi connectivity index (χ4n) is 2.62. The number of aliphatic carboxylic acids is 1. The first-order valence-corrected chi connectivity index (χ1v) is 9.74. The van der Waals surface area contributed by atoms with Crippen molar-refractivity contribution in [3.05, 3.63) is 29.8 Å². The van der Waals surface area contributed by atoms with Crippen LogP contribution < -0.4 is 21.7 Å². The number of hydrogen-bond donors (Lipinski definition) is 7. The number of amides is 3. The van der Waals surface area contributed by atoms with Crippen LogP contribution in [0.1, 0.15) is 26.3 Å². The summed E-state index contributed by atoms with van der Waals surface area (Å²) in [5, 5.41) is 34.3. The zero-order valence-corrected chi connectivity index (χ0v) is 17.7. The van der Waals surface area contributed by atoms with Gasteiger partial charge in [0.1, 0.15) is 23.9 Å². The van der Waals surface area contributed by atoms with E-state index in [0.29, 0.717) is 0 Å². The van der Waals surface area contributed by atoms with Crippen molar-refractivity contribution < 1.29 is 34.5 Å². The van der Waals surface area contributed by atoms with E-state index in [1.807, 2.05) is 0 Å². The van der Waals surface area contributed by atoms with E-state index >= 15 is 0 Å². The minimum absolute atomic E-state index is 0.0881. The Balaban J connectivity index is 2.71. The third-order valence-electron chi connectivity index (χ3n) is 4.52. The quantitative estimate of drug-likeness (QED) is 0.216. The summed E-state index contributed by atoms with van der Waals surface area (Å²) in [6.45, 7) is 3.95. The number of carbonyl (C=O) groups excluding carboxylic acids is 3. The second-order valence-electron chi connectivity index (χ2n) is 7.52. The Labute approximate surface area is 180 Å². The number of aromatic hydroxyl groups is 1. The molecule has 0 saturated carbocycles. The Hall–Kier alpha value is -3.18. The van der Waals surface area contributed by atoms with Gasteiger partial charge in [-0.25, -0.2) is 4.79 Å². The van der Waals surface area contributed by atoms with Gasteiger partial charge in [-0.3, -0.25) is 14.4 Å². The van der Waals surface area contributed by atoms with E-state index in [1.54, 1.807) is 26.0 Å². The number of aliphatic hydroxyl groups excluding tert-OH is 1. The summed E-state index contributed by atoms with van der Waals surface area (Å²) in [4.78, 5) is 48.1. The normalized spacial score (nSPS) is 14.8. The van der Waals surface area contributed by atoms with Gasteiger partial charge in [0.2, 0.25) is 17.7 Å². The number of rotatable bonds is 11. The number of hydrogen-bond acceptors (Lipinski definition) is 7. The van der Waals surface area contributed by atoms with Gasteiger partial charge in [-0.2, -0.15) is 0 Å². The van der Waals surface area contributed by atoms with Gasteiger partial charge in [-0.1, -0.05) is 26.0 Å². The predicted molar refractivity (Wildman–Crippen MR) is 111 cm³/mol. The Kier molecular flexibility index (Phi) is 9.90. The van der Waals surface area contributed by atoms with E-state index in [1.165, 1.54) is 19.1 Å². The molecule has 0 saturated heterocycles. The van der Waals surface area contributed by atoms with Crippen molar-refractivity contribution in [2.45, 2.75) is 51.4 Å². The first-order chi connectivity index (χ1) is 14.5. The molecule has 0 radical (unpaired) electrons. The molecule has 11 heteroatoms. The number of carbonyl (C=O) groups is 4. The van der Waals surface area contributed by atoms with E-state index in [0.717, 1.165) is 5.56 Å². The van der Waals surface area contributed by atoms with E-state index in [9.17, 15) is 24.3 Å². The topological polar surface area (TPSA) is 191 Å². The Morgan fingerprint density at radius 1 is 0.935 bits per heavy atom. The average Bonchev–Trinajstić information content (AvgIpc) is 2.70. The minimum atomic E-state index is -1.50. The smallest absolute Gasteiger partial charge is 0.328 e. The fraction of sp³-hybridized carbons (Fsp3) is 0.500. The Morgan fingerprint density at radius 3 is 2.00 bits per heavy atom. The van der Waals surface area contributed by atoms with Crippen LogP contribution in [0.2, 0.25) is 0 Å². The molecule has 0 aromatic heterocycles. The molecule has 0 aliphatic heterocycles. The summed E-state index contributed by atoms with van der Waals surface area (Å²) in [5.41, 5.74) is 6.66. The zero-order chi connectivity index (χ0) is 23.7. The molecule has 0 bridgehead atoms. The van der Waals surface area contributed by atoms with Gasteiger partial charge in [-0.15, -0.1) is 0 Å². The summed E-state index contributed by atoms with van der Waals surface area (Å²) in [6.07, 6.45) is 0.190. The standard InChI is InChI=1S/C20H30N4O7/c1-10(2)16(19(29)22-11(3)17(27)23-15(9-25)20(30)31)24-18(28)14(21)8-12-4-6-13(26)7-5-12/h4-7,10-11,14-16,25-26H,8-9,21H2,1-3H3,(H,22,29)(H,23,27)(H,24,28)(H,30,31). The lowest BCUT2D eigenvalue weighted by Crippen LogP contribution is -2.58. The van der Waals surface area contributed by atoms with Crippen molar-refractivity contribution >= 4 is 23.7 Å². The van der Waals surface area contributed by atoms with Crippen LogP contribution >= 0.6 is 0 Å². The van der Waals surface area contributed by atoms with Gasteiger partial charge in [0.05, 0.1) is 12.6 Å². The minimum Gasteiger partial charge on any atom is -0.508 e. The molecule has 0 aliphatic carbocycles. The van der Waals surface area contributed by atoms with Crippen molar-refractivity contribution in [2.24, 2.45) is 11.7 Å². The number of nitrogens with two attached hydrogens (primary N) is 1. The van der Waals surface area contributed by atoms with Crippen LogP contribution in [-0.4, -0.2) is 69.8 Å². The van der Waals surface area contributed by atoms with E-state index < -0.39 is 54.5 Å². The van der Waals surface area contributed by atoms with Crippen LogP contribution in [0, 0.1) is 5.92 Å². The number of phenols is 1. The molecule has 11 nitrogen and oxygen atoms in total. The summed E-state index contributed by atoms with van der Waals surface area (Å²) in [7, 11) is 0. The summed E-state index contributed by atoms with van der Waals surface area (Å²) in [6, 6.07) is 1.68. The number of carboxylic acids is 1. The molecular formula is C20H30N4O7. The van der Waals surface area contributed by atoms with E-state index in [-0.39, 0.29) is 18.1 Å². The van der Waals surface area contributed by atoms with Gasteiger partial charge < -0.3 is 37.0 Å². The summed E-state index contributed by atoms with van der Waals surface area (Å²) < 4.78 is 0. The molecule has 1 rings (SSSR count). The van der Waals surface area contributed by atoms with Crippen molar-refractivity contribution in [1.82, 2.24) is 16.0 Å². The van der Waals surface area contributed by atoms with E-state index in [2.05, 4.69) is 16.0 Å². The third-order valence-corrected chi connectivity index (χ3v) is 4.52. The van der Waals surface area contributed by atoms with Gasteiger partial charge in [0.15, 0.2) is 0 Å². The number of nitrogens with one attached hydrogen (secondary N) is 3. The van der Waals surface area contributed by atoms with Crippen molar-refractivity contribution in [1.29, 1.82) is 0 Å². The zero-order valence-electron chi connectivity index (χ0n) is 17.7. The van der Waals surface area contributed by atoms with Crippen molar-refractivity contribution in [2.75, 3.05) is 6.61 Å². The maximum absolute atomic E-state index is 12.6. The lowest BCUT2D eigenvalue weighted by molar-refractivity contribution is -0.143. The van der Waals surface area contributed by atoms with Crippen LogP contribution in [0.25, 0.3) is 0 Å². The third kappa shape index (κ3) is 8.22. The SMILES string of the molecule is CC(NC(=O)C(NC(=O)C(N)Cc1ccc(O)cc1)C(C)C)C(=O)NC(CO)C(=O)O. The largest absolute Gasteiger partial charge is 0.508 e. The highest BCUT2D eigenvalue weighted by Gasteiger charge is 2.29. The van der Waals surface area contributed by atoms with Gasteiger partial charge in [0, 0.05) is 0 Å². The number of aliphatic hydroxyl groups is 1. The molecule has 0 aliphatic rings. The summed E-state index contributed by atoms with van der Waals surface area (Å²) >= 11 is 0. The average molecular weight is 438 g/mol. The Bertz CT molecular complexity index is 782. The molecule has 4 unspecified atom stereocenters. The van der Waals surface area contributed by atoms with Crippen LogP contribution in [0.5, 0.6) is 5.75 Å². The van der Waals surface area contributed by atoms with Gasteiger partial charge >= 0.3 is 5.97 Å². The number of phenolic OH excluding ortho intramolecular Hbond substituents is 1. The highest BCUT2D eigenvalue weighted by molar-refractivity contribution is 5.94. The second kappa shape index (κ2) is 11.9. The van der Waals surface area contributed by atoms with Gasteiger partial charge in [0.25, 0.3) is 0 Å². The highest BCUT2D eigenvalue weighted by atomic mass is 16.4. The van der Waals surface area contributed by atoms with Crippen molar-refractivity contribution in [3.63, 3.8) is 0 Å². The van der Waals surface area contributed by atoms with E-state index in [4.69, 9.17) is 15.9 Å². The van der Waals surface area contributed by atoms with Crippen LogP contribution in [-0.2, 0) is 25.6 Å². The predicted octanol–water partition coefficient (Wildman–Crippen LogP) is -1.53. The molecule has 0 heterocycles. The second-order valence-corrected chi connectivity index (χ2v) is 7.52. The Morgan fingerprint density at radius 2 is 1.52 bits per heavy atom. The molecule has 1 aromatic rings. The fourth-order valence-corrected chi connectivity index (χ4v) is 2.62. The lowest BCUT2D eigenvalue weighted by atomic mass is 10.0. The number of benzene rings is 1. The highest BCUT2D eigenvalue weighted by Crippen LogP contribution is 2.11. The van der Waals surface area contributed by atoms with Crippen LogP contribution in [0.15, 0.2) is 24.3 Å². The molecule has 4 atom stereocenters. The number of carboxylic acid groups (broad SMARTS) is 1. The van der Waals surface area contributed by atoms with Crippen LogP contribution in [0.3, 0.4) is 0 Å². The molecule has 0 spiro atoms. The summed E-state index contributed by atoms with van der Waals surface area (Å²) in [5.74, 6) is -3.66. The maximum atomic E-state index is 12.6. The molecule has 31 heavy (non-hydrogen) atoms. The van der Waals surface area contributed by atoms with Crippen LogP contribution in [0.4, 0.5) is 0 Å². The maximum Gasteiger partial charge on any atom is 0.328 e. The first-order valence-electron chi connectivity index (χ1n) is 9.74. The molecular weight excluding hydrogens is 408 g/mol. The van der Waals surface area contributed by atoms with Gasteiger partial charge in [-0.05, 0) is 37.0 Å². The molecule has 1 aromatic carbocycles. The monoisotopic (exact) mass is 438 g/mol. The molecule has 0 fully saturated rings. The molecule has 3 amide bonds. The molecule has 8 N–H and O–H groups in total. The lowest BCUT2D eigenvalue weighted by Gasteiger charge is -2.25. The molecule has 172 valence electrons. The first kappa shape index (κ1) is 25.9. The van der Waals surface area contributed by atoms with Crippen molar-refractivity contribution in [3.8, 4) is 5.75 Å².